The molecular formula is C27H30N6O2. The van der Waals surface area contributed by atoms with Crippen molar-refractivity contribution < 1.29 is 9.90 Å². The molecule has 1 saturated heterocycles. The summed E-state index contributed by atoms with van der Waals surface area (Å²) in [5.41, 5.74) is 3.20. The average Bonchev–Trinajstić information content (AvgIpc) is 2.89. The molecule has 1 fully saturated rings. The van der Waals surface area contributed by atoms with Crippen LogP contribution >= 0.6 is 0 Å². The van der Waals surface area contributed by atoms with Crippen LogP contribution in [0.2, 0.25) is 0 Å². The molecule has 0 saturated carbocycles. The summed E-state index contributed by atoms with van der Waals surface area (Å²) in [6.07, 6.45) is 3.04. The smallest absolute Gasteiger partial charge is 0.274 e. The zero-order valence-electron chi connectivity index (χ0n) is 20.2. The molecule has 1 aromatic carbocycles. The van der Waals surface area contributed by atoms with Crippen molar-refractivity contribution in [3.63, 3.8) is 0 Å². The van der Waals surface area contributed by atoms with Crippen LogP contribution in [0.3, 0.4) is 0 Å². The zero-order chi connectivity index (χ0) is 24.6. The molecule has 0 radical (unpaired) electrons. The van der Waals surface area contributed by atoms with Gasteiger partial charge in [0.15, 0.2) is 11.5 Å². The number of anilines is 1. The van der Waals surface area contributed by atoms with Gasteiger partial charge in [-0.1, -0.05) is 30.0 Å². The summed E-state index contributed by atoms with van der Waals surface area (Å²) >= 11 is 0. The van der Waals surface area contributed by atoms with Gasteiger partial charge in [0.05, 0.1) is 6.20 Å². The van der Waals surface area contributed by atoms with E-state index in [-0.39, 0.29) is 11.7 Å². The van der Waals surface area contributed by atoms with E-state index in [1.54, 1.807) is 23.2 Å². The van der Waals surface area contributed by atoms with E-state index in [1.165, 1.54) is 11.8 Å². The standard InChI is InChI=1S/C27H30N6O2/c1-3-32(4-2)27(35)25-11-12-26(30-29-25)33-15-13-31(14-16-33)20-23-8-6-5-7-22(23)10-9-21-17-24(34)19-28-18-21/h5-8,11-12,17-19,34H,3-4,13-16,20H2,1-2H3. The first-order valence-corrected chi connectivity index (χ1v) is 11.9. The molecule has 0 aliphatic carbocycles. The van der Waals surface area contributed by atoms with Crippen molar-refractivity contribution in [3.8, 4) is 17.6 Å². The molecule has 1 aliphatic rings. The fourth-order valence-corrected chi connectivity index (χ4v) is 4.07. The van der Waals surface area contributed by atoms with Gasteiger partial charge in [0.25, 0.3) is 5.91 Å². The van der Waals surface area contributed by atoms with Gasteiger partial charge in [-0.05, 0) is 43.7 Å². The molecule has 3 aromatic rings. The third kappa shape index (κ3) is 6.14. The Hall–Kier alpha value is -3.96. The Bertz CT molecular complexity index is 1210. The molecule has 1 amide bonds. The highest BCUT2D eigenvalue weighted by Crippen LogP contribution is 2.17. The molecule has 8 nitrogen and oxygen atoms in total. The van der Waals surface area contributed by atoms with Crippen molar-refractivity contribution in [1.29, 1.82) is 0 Å². The quantitative estimate of drug-likeness (QED) is 0.555. The van der Waals surface area contributed by atoms with Gasteiger partial charge in [0.2, 0.25) is 0 Å². The maximum absolute atomic E-state index is 12.5. The van der Waals surface area contributed by atoms with Crippen LogP contribution in [0.25, 0.3) is 0 Å². The molecular weight excluding hydrogens is 440 g/mol. The third-order valence-electron chi connectivity index (χ3n) is 6.09. The van der Waals surface area contributed by atoms with Crippen molar-refractivity contribution in [3.05, 3.63) is 77.2 Å². The SMILES string of the molecule is CCN(CC)C(=O)c1ccc(N2CCN(Cc3ccccc3C#Cc3cncc(O)c3)CC2)nn1. The topological polar surface area (TPSA) is 85.7 Å². The van der Waals surface area contributed by atoms with E-state index in [1.807, 2.05) is 38.1 Å². The Morgan fingerprint density at radius 2 is 1.77 bits per heavy atom. The summed E-state index contributed by atoms with van der Waals surface area (Å²) in [5, 5.41) is 18.1. The Labute approximate surface area is 206 Å². The van der Waals surface area contributed by atoms with Crippen LogP contribution in [0.1, 0.15) is 41.0 Å². The van der Waals surface area contributed by atoms with Crippen molar-refractivity contribution in [2.45, 2.75) is 20.4 Å². The number of hydrogen-bond donors (Lipinski definition) is 1. The van der Waals surface area contributed by atoms with Crippen molar-refractivity contribution in [2.24, 2.45) is 0 Å². The van der Waals surface area contributed by atoms with Gasteiger partial charge in [-0.2, -0.15) is 0 Å². The maximum atomic E-state index is 12.5. The second kappa shape index (κ2) is 11.4. The second-order valence-electron chi connectivity index (χ2n) is 8.36. The van der Waals surface area contributed by atoms with E-state index in [2.05, 4.69) is 42.9 Å². The number of aromatic nitrogens is 3. The predicted octanol–water partition coefficient (Wildman–Crippen LogP) is 2.78. The summed E-state index contributed by atoms with van der Waals surface area (Å²) in [4.78, 5) is 22.8. The maximum Gasteiger partial charge on any atom is 0.274 e. The van der Waals surface area contributed by atoms with Gasteiger partial charge in [-0.15, -0.1) is 10.2 Å². The Balaban J connectivity index is 1.36. The van der Waals surface area contributed by atoms with Crippen LogP contribution in [-0.2, 0) is 6.54 Å². The molecule has 1 N–H and O–H groups in total. The fraction of sp³-hybridized carbons (Fsp3) is 0.333. The molecule has 1 aliphatic heterocycles. The van der Waals surface area contributed by atoms with Gasteiger partial charge in [-0.25, -0.2) is 0 Å². The monoisotopic (exact) mass is 470 g/mol. The summed E-state index contributed by atoms with van der Waals surface area (Å²) in [5.74, 6) is 7.14. The molecule has 35 heavy (non-hydrogen) atoms. The van der Waals surface area contributed by atoms with Crippen LogP contribution in [-0.4, -0.2) is 75.3 Å². The van der Waals surface area contributed by atoms with E-state index in [0.717, 1.165) is 44.1 Å². The summed E-state index contributed by atoms with van der Waals surface area (Å²) in [7, 11) is 0. The van der Waals surface area contributed by atoms with Gasteiger partial charge in [0, 0.05) is 63.1 Å². The summed E-state index contributed by atoms with van der Waals surface area (Å²) < 4.78 is 0. The van der Waals surface area contributed by atoms with Crippen LogP contribution in [0, 0.1) is 11.8 Å². The zero-order valence-corrected chi connectivity index (χ0v) is 20.2. The minimum Gasteiger partial charge on any atom is -0.506 e. The second-order valence-corrected chi connectivity index (χ2v) is 8.36. The van der Waals surface area contributed by atoms with Crippen LogP contribution < -0.4 is 4.90 Å². The van der Waals surface area contributed by atoms with Crippen molar-refractivity contribution in [1.82, 2.24) is 25.0 Å². The average molecular weight is 471 g/mol. The molecule has 8 heteroatoms. The molecule has 0 spiro atoms. The lowest BCUT2D eigenvalue weighted by atomic mass is 10.1. The van der Waals surface area contributed by atoms with Crippen LogP contribution in [0.15, 0.2) is 54.9 Å². The van der Waals surface area contributed by atoms with E-state index in [4.69, 9.17) is 0 Å². The number of rotatable bonds is 6. The minimum atomic E-state index is -0.0824. The lowest BCUT2D eigenvalue weighted by molar-refractivity contribution is 0.0766. The summed E-state index contributed by atoms with van der Waals surface area (Å²) in [6, 6.07) is 13.4. The predicted molar refractivity (Wildman–Crippen MR) is 135 cm³/mol. The highest BCUT2D eigenvalue weighted by molar-refractivity contribution is 5.92. The van der Waals surface area contributed by atoms with E-state index in [0.29, 0.717) is 24.3 Å². The number of amides is 1. The number of benzene rings is 1. The van der Waals surface area contributed by atoms with Crippen molar-refractivity contribution >= 4 is 11.7 Å². The van der Waals surface area contributed by atoms with Gasteiger partial charge >= 0.3 is 0 Å². The Morgan fingerprint density at radius 3 is 2.46 bits per heavy atom. The number of carbonyl (C=O) groups excluding carboxylic acids is 1. The first-order valence-electron chi connectivity index (χ1n) is 11.9. The molecule has 0 atom stereocenters. The number of piperazine rings is 1. The molecule has 4 rings (SSSR count). The van der Waals surface area contributed by atoms with Gasteiger partial charge < -0.3 is 14.9 Å². The van der Waals surface area contributed by atoms with Gasteiger partial charge in [0.1, 0.15) is 5.75 Å². The first kappa shape index (κ1) is 24.2. The third-order valence-corrected chi connectivity index (χ3v) is 6.09. The molecule has 3 heterocycles. The minimum absolute atomic E-state index is 0.0824. The highest BCUT2D eigenvalue weighted by Gasteiger charge is 2.20. The van der Waals surface area contributed by atoms with E-state index in [9.17, 15) is 9.90 Å². The molecule has 180 valence electrons. The van der Waals surface area contributed by atoms with Crippen LogP contribution in [0.4, 0.5) is 5.82 Å². The van der Waals surface area contributed by atoms with E-state index < -0.39 is 0 Å². The fourth-order valence-electron chi connectivity index (χ4n) is 4.07. The number of carbonyl (C=O) groups is 1. The molecule has 2 aromatic heterocycles. The number of pyridine rings is 1. The number of aromatic hydroxyl groups is 1. The lowest BCUT2D eigenvalue weighted by Crippen LogP contribution is -2.46. The molecule has 0 bridgehead atoms. The normalized spacial score (nSPS) is 13.7. The molecule has 0 unspecified atom stereocenters. The lowest BCUT2D eigenvalue weighted by Gasteiger charge is -2.35. The van der Waals surface area contributed by atoms with E-state index >= 15 is 0 Å². The Kier molecular flexibility index (Phi) is 7.91. The van der Waals surface area contributed by atoms with Crippen molar-refractivity contribution in [2.75, 3.05) is 44.2 Å². The Morgan fingerprint density at radius 1 is 1.00 bits per heavy atom. The largest absolute Gasteiger partial charge is 0.506 e. The van der Waals surface area contributed by atoms with Crippen LogP contribution in [0.5, 0.6) is 5.75 Å². The number of nitrogens with zero attached hydrogens (tertiary/aromatic N) is 6. The first-order chi connectivity index (χ1) is 17.1. The highest BCUT2D eigenvalue weighted by atomic mass is 16.3. The van der Waals surface area contributed by atoms with Gasteiger partial charge in [-0.3, -0.25) is 14.7 Å². The summed E-state index contributed by atoms with van der Waals surface area (Å²) in [6.45, 7) is 9.48. The number of hydrogen-bond acceptors (Lipinski definition) is 7.